The second-order valence-corrected chi connectivity index (χ2v) is 6.28. The average Bonchev–Trinajstić information content (AvgIpc) is 2.29. The molecule has 0 saturated heterocycles. The predicted octanol–water partition coefficient (Wildman–Crippen LogP) is 3.26. The molecule has 1 aliphatic carbocycles. The zero-order valence-corrected chi connectivity index (χ0v) is 12.5. The van der Waals surface area contributed by atoms with Crippen LogP contribution in [0.1, 0.15) is 60.3 Å². The van der Waals surface area contributed by atoms with Crippen LogP contribution in [0, 0.1) is 11.8 Å². The van der Waals surface area contributed by atoms with E-state index < -0.39 is 0 Å². The van der Waals surface area contributed by atoms with Gasteiger partial charge in [-0.05, 0) is 45.1 Å². The first-order valence-corrected chi connectivity index (χ1v) is 7.46. The molecule has 0 aromatic rings. The second-order valence-electron chi connectivity index (χ2n) is 6.28. The van der Waals surface area contributed by atoms with Gasteiger partial charge in [0.15, 0.2) is 0 Å². The molecular formula is C15H32N2. The maximum Gasteiger partial charge on any atom is 0.0364 e. The van der Waals surface area contributed by atoms with E-state index in [0.29, 0.717) is 6.04 Å². The van der Waals surface area contributed by atoms with Crippen LogP contribution < -0.4 is 5.73 Å². The van der Waals surface area contributed by atoms with Crippen molar-refractivity contribution in [3.63, 3.8) is 0 Å². The summed E-state index contributed by atoms with van der Waals surface area (Å²) in [6.07, 6.45) is 5.39. The van der Waals surface area contributed by atoms with Gasteiger partial charge in [0, 0.05) is 18.1 Å². The Bertz CT molecular complexity index is 213. The van der Waals surface area contributed by atoms with Gasteiger partial charge in [-0.2, -0.15) is 0 Å². The minimum atomic E-state index is 0.259. The Morgan fingerprint density at radius 2 is 1.88 bits per heavy atom. The molecule has 1 aliphatic rings. The van der Waals surface area contributed by atoms with Gasteiger partial charge in [-0.1, -0.05) is 33.6 Å². The molecule has 1 rings (SSSR count). The Labute approximate surface area is 108 Å². The molecule has 0 aliphatic heterocycles. The molecule has 2 unspecified atom stereocenters. The van der Waals surface area contributed by atoms with Crippen molar-refractivity contribution in [2.24, 2.45) is 17.6 Å². The molecule has 2 heteroatoms. The number of hydrogen-bond acceptors (Lipinski definition) is 2. The Morgan fingerprint density at radius 3 is 2.29 bits per heavy atom. The third-order valence-corrected chi connectivity index (χ3v) is 4.76. The first kappa shape index (κ1) is 15.0. The van der Waals surface area contributed by atoms with Crippen molar-refractivity contribution < 1.29 is 0 Å². The van der Waals surface area contributed by atoms with Gasteiger partial charge in [0.2, 0.25) is 0 Å². The van der Waals surface area contributed by atoms with E-state index in [4.69, 9.17) is 5.73 Å². The minimum absolute atomic E-state index is 0.259. The molecule has 102 valence electrons. The van der Waals surface area contributed by atoms with Crippen LogP contribution in [0.15, 0.2) is 0 Å². The Kier molecular flexibility index (Phi) is 5.46. The predicted molar refractivity (Wildman–Crippen MR) is 76.1 cm³/mol. The van der Waals surface area contributed by atoms with Crippen molar-refractivity contribution in [2.75, 3.05) is 13.1 Å². The Balaban J connectivity index is 3.03. The summed E-state index contributed by atoms with van der Waals surface area (Å²) in [5.41, 5.74) is 6.50. The summed E-state index contributed by atoms with van der Waals surface area (Å²) >= 11 is 0. The van der Waals surface area contributed by atoms with Crippen LogP contribution in [0.4, 0.5) is 0 Å². The third kappa shape index (κ3) is 2.85. The topological polar surface area (TPSA) is 29.3 Å². The first-order valence-electron chi connectivity index (χ1n) is 7.46. The van der Waals surface area contributed by atoms with E-state index in [1.54, 1.807) is 0 Å². The molecule has 1 fully saturated rings. The molecule has 0 radical (unpaired) electrons. The van der Waals surface area contributed by atoms with Gasteiger partial charge in [0.25, 0.3) is 0 Å². The molecule has 1 saturated carbocycles. The zero-order chi connectivity index (χ0) is 13.1. The lowest BCUT2D eigenvalue weighted by molar-refractivity contribution is -0.0295. The monoisotopic (exact) mass is 240 g/mol. The fourth-order valence-electron chi connectivity index (χ4n) is 4.12. The van der Waals surface area contributed by atoms with Crippen LogP contribution in [-0.4, -0.2) is 29.6 Å². The first-order chi connectivity index (χ1) is 7.99. The highest BCUT2D eigenvalue weighted by molar-refractivity contribution is 5.01. The zero-order valence-electron chi connectivity index (χ0n) is 12.5. The van der Waals surface area contributed by atoms with Crippen LogP contribution in [0.3, 0.4) is 0 Å². The van der Waals surface area contributed by atoms with Crippen molar-refractivity contribution in [1.29, 1.82) is 0 Å². The highest BCUT2D eigenvalue weighted by atomic mass is 15.2. The van der Waals surface area contributed by atoms with Gasteiger partial charge < -0.3 is 5.73 Å². The van der Waals surface area contributed by atoms with Crippen LogP contribution in [0.5, 0.6) is 0 Å². The summed E-state index contributed by atoms with van der Waals surface area (Å²) in [5, 5.41) is 0. The molecule has 0 bridgehead atoms. The SMILES string of the molecule is CCN(C(C)C)C1(CN)CCCCC1C(C)C. The molecule has 0 heterocycles. The van der Waals surface area contributed by atoms with Crippen LogP contribution in [-0.2, 0) is 0 Å². The van der Waals surface area contributed by atoms with Crippen molar-refractivity contribution in [3.05, 3.63) is 0 Å². The van der Waals surface area contributed by atoms with Crippen LogP contribution in [0.2, 0.25) is 0 Å². The van der Waals surface area contributed by atoms with Crippen LogP contribution >= 0.6 is 0 Å². The van der Waals surface area contributed by atoms with Gasteiger partial charge >= 0.3 is 0 Å². The second kappa shape index (κ2) is 6.19. The lowest BCUT2D eigenvalue weighted by atomic mass is 9.66. The number of hydrogen-bond donors (Lipinski definition) is 1. The molecule has 0 spiro atoms. The Morgan fingerprint density at radius 1 is 1.24 bits per heavy atom. The summed E-state index contributed by atoms with van der Waals surface area (Å²) in [4.78, 5) is 2.66. The summed E-state index contributed by atoms with van der Waals surface area (Å²) < 4.78 is 0. The molecule has 0 aromatic carbocycles. The van der Waals surface area contributed by atoms with Crippen molar-refractivity contribution in [2.45, 2.75) is 71.9 Å². The van der Waals surface area contributed by atoms with Crippen molar-refractivity contribution in [1.82, 2.24) is 4.90 Å². The third-order valence-electron chi connectivity index (χ3n) is 4.76. The van der Waals surface area contributed by atoms with E-state index in [-0.39, 0.29) is 5.54 Å². The number of likely N-dealkylation sites (N-methyl/N-ethyl adjacent to an activating group) is 1. The molecule has 2 nitrogen and oxygen atoms in total. The molecular weight excluding hydrogens is 208 g/mol. The van der Waals surface area contributed by atoms with Gasteiger partial charge in [-0.15, -0.1) is 0 Å². The number of rotatable bonds is 5. The number of nitrogens with zero attached hydrogens (tertiary/aromatic N) is 1. The van der Waals surface area contributed by atoms with E-state index in [1.807, 2.05) is 0 Å². The maximum absolute atomic E-state index is 6.24. The summed E-state index contributed by atoms with van der Waals surface area (Å²) in [6.45, 7) is 13.6. The fraction of sp³-hybridized carbons (Fsp3) is 1.00. The summed E-state index contributed by atoms with van der Waals surface area (Å²) in [6, 6.07) is 0.600. The van der Waals surface area contributed by atoms with Crippen LogP contribution in [0.25, 0.3) is 0 Å². The van der Waals surface area contributed by atoms with E-state index >= 15 is 0 Å². The number of nitrogens with two attached hydrogens (primary N) is 1. The molecule has 0 aromatic heterocycles. The molecule has 17 heavy (non-hydrogen) atoms. The Hall–Kier alpha value is -0.0800. The van der Waals surface area contributed by atoms with Gasteiger partial charge in [-0.3, -0.25) is 4.90 Å². The minimum Gasteiger partial charge on any atom is -0.329 e. The van der Waals surface area contributed by atoms with Crippen molar-refractivity contribution in [3.8, 4) is 0 Å². The standard InChI is InChI=1S/C15H32N2/c1-6-17(13(4)5)15(11-16)10-8-7-9-14(15)12(2)3/h12-14H,6-11,16H2,1-5H3. The van der Waals surface area contributed by atoms with Crippen molar-refractivity contribution >= 4 is 0 Å². The van der Waals surface area contributed by atoms with Gasteiger partial charge in [0.05, 0.1) is 0 Å². The molecule has 0 amide bonds. The van der Waals surface area contributed by atoms with E-state index in [9.17, 15) is 0 Å². The lowest BCUT2D eigenvalue weighted by Crippen LogP contribution is -2.63. The van der Waals surface area contributed by atoms with E-state index in [1.165, 1.54) is 25.7 Å². The average molecular weight is 240 g/mol. The molecule has 2 N–H and O–H groups in total. The van der Waals surface area contributed by atoms with E-state index in [0.717, 1.165) is 24.9 Å². The molecule has 2 atom stereocenters. The van der Waals surface area contributed by atoms with Gasteiger partial charge in [0.1, 0.15) is 0 Å². The quantitative estimate of drug-likeness (QED) is 0.799. The normalized spacial score (nSPS) is 30.5. The highest BCUT2D eigenvalue weighted by Crippen LogP contribution is 2.42. The fourth-order valence-corrected chi connectivity index (χ4v) is 4.12. The largest absolute Gasteiger partial charge is 0.329 e. The maximum atomic E-state index is 6.24. The summed E-state index contributed by atoms with van der Waals surface area (Å²) in [5.74, 6) is 1.51. The summed E-state index contributed by atoms with van der Waals surface area (Å²) in [7, 11) is 0. The highest BCUT2D eigenvalue weighted by Gasteiger charge is 2.45. The smallest absolute Gasteiger partial charge is 0.0364 e. The lowest BCUT2D eigenvalue weighted by Gasteiger charge is -2.54. The van der Waals surface area contributed by atoms with E-state index in [2.05, 4.69) is 39.5 Å². The van der Waals surface area contributed by atoms with Gasteiger partial charge in [-0.25, -0.2) is 0 Å².